The van der Waals surface area contributed by atoms with Crippen molar-refractivity contribution in [3.63, 3.8) is 0 Å². The van der Waals surface area contributed by atoms with Gasteiger partial charge in [-0.15, -0.1) is 0 Å². The normalized spacial score (nSPS) is 10.6. The number of halogens is 1. The standard InChI is InChI=1S/C12H16ClNO2/c1-9(2)14(5-6-15)11-4-3-10(8-16)12(13)7-11/h3-4,7-9,15H,5-6H2,1-2H3. The highest BCUT2D eigenvalue weighted by atomic mass is 35.5. The molecule has 88 valence electrons. The minimum absolute atomic E-state index is 0.0885. The summed E-state index contributed by atoms with van der Waals surface area (Å²) in [6.07, 6.45) is 0.734. The molecule has 0 radical (unpaired) electrons. The molecule has 0 unspecified atom stereocenters. The van der Waals surface area contributed by atoms with Crippen LogP contribution in [0.4, 0.5) is 5.69 Å². The van der Waals surface area contributed by atoms with Gasteiger partial charge in [-0.05, 0) is 32.0 Å². The van der Waals surface area contributed by atoms with E-state index < -0.39 is 0 Å². The highest BCUT2D eigenvalue weighted by molar-refractivity contribution is 6.33. The summed E-state index contributed by atoms with van der Waals surface area (Å²) in [7, 11) is 0. The fraction of sp³-hybridized carbons (Fsp3) is 0.417. The second-order valence-electron chi connectivity index (χ2n) is 3.83. The molecule has 16 heavy (non-hydrogen) atoms. The van der Waals surface area contributed by atoms with E-state index >= 15 is 0 Å². The van der Waals surface area contributed by atoms with Gasteiger partial charge in [0.1, 0.15) is 0 Å². The fourth-order valence-corrected chi connectivity index (χ4v) is 1.80. The van der Waals surface area contributed by atoms with Gasteiger partial charge < -0.3 is 10.0 Å². The van der Waals surface area contributed by atoms with Gasteiger partial charge >= 0.3 is 0 Å². The molecule has 0 saturated heterocycles. The lowest BCUT2D eigenvalue weighted by atomic mass is 10.2. The summed E-state index contributed by atoms with van der Waals surface area (Å²) in [4.78, 5) is 12.7. The minimum atomic E-state index is 0.0885. The van der Waals surface area contributed by atoms with Crippen LogP contribution in [0.3, 0.4) is 0 Å². The maximum atomic E-state index is 10.6. The molecule has 1 aromatic carbocycles. The number of benzene rings is 1. The molecule has 0 aliphatic rings. The van der Waals surface area contributed by atoms with Crippen LogP contribution in [0.25, 0.3) is 0 Å². The number of anilines is 1. The number of aldehydes is 1. The zero-order valence-corrected chi connectivity index (χ0v) is 10.2. The van der Waals surface area contributed by atoms with Gasteiger partial charge in [-0.25, -0.2) is 0 Å². The van der Waals surface area contributed by atoms with Crippen LogP contribution in [-0.2, 0) is 0 Å². The molecule has 0 fully saturated rings. The maximum absolute atomic E-state index is 10.6. The Morgan fingerprint density at radius 2 is 2.19 bits per heavy atom. The average molecular weight is 242 g/mol. The van der Waals surface area contributed by atoms with Crippen molar-refractivity contribution in [3.05, 3.63) is 28.8 Å². The number of rotatable bonds is 5. The first-order valence-corrected chi connectivity index (χ1v) is 5.60. The molecule has 0 aliphatic carbocycles. The van der Waals surface area contributed by atoms with Crippen LogP contribution >= 0.6 is 11.6 Å². The summed E-state index contributed by atoms with van der Waals surface area (Å²) in [6.45, 7) is 4.72. The Bertz CT molecular complexity index is 366. The van der Waals surface area contributed by atoms with E-state index in [0.717, 1.165) is 12.0 Å². The summed E-state index contributed by atoms with van der Waals surface area (Å²) in [5.74, 6) is 0. The molecule has 0 amide bonds. The van der Waals surface area contributed by atoms with Crippen molar-refractivity contribution in [2.45, 2.75) is 19.9 Å². The Morgan fingerprint density at radius 3 is 2.62 bits per heavy atom. The Balaban J connectivity index is 3.01. The number of hydrogen-bond acceptors (Lipinski definition) is 3. The number of carbonyl (C=O) groups excluding carboxylic acids is 1. The molecule has 0 atom stereocenters. The summed E-state index contributed by atoms with van der Waals surface area (Å²) in [6, 6.07) is 5.55. The first kappa shape index (κ1) is 13.0. The first-order valence-electron chi connectivity index (χ1n) is 5.22. The summed E-state index contributed by atoms with van der Waals surface area (Å²) < 4.78 is 0. The smallest absolute Gasteiger partial charge is 0.151 e. The van der Waals surface area contributed by atoms with Gasteiger partial charge in [0.2, 0.25) is 0 Å². The Morgan fingerprint density at radius 1 is 1.50 bits per heavy atom. The second kappa shape index (κ2) is 5.87. The summed E-state index contributed by atoms with van der Waals surface area (Å²) in [5, 5.41) is 9.43. The molecular formula is C12H16ClNO2. The van der Waals surface area contributed by atoms with E-state index in [0.29, 0.717) is 17.1 Å². The number of hydrogen-bond donors (Lipinski definition) is 1. The van der Waals surface area contributed by atoms with Crippen LogP contribution in [0.15, 0.2) is 18.2 Å². The summed E-state index contributed by atoms with van der Waals surface area (Å²) >= 11 is 5.96. The third-order valence-corrected chi connectivity index (χ3v) is 2.73. The van der Waals surface area contributed by atoms with E-state index in [1.807, 2.05) is 24.8 Å². The quantitative estimate of drug-likeness (QED) is 0.805. The second-order valence-corrected chi connectivity index (χ2v) is 4.24. The largest absolute Gasteiger partial charge is 0.395 e. The molecule has 0 bridgehead atoms. The number of carbonyl (C=O) groups is 1. The van der Waals surface area contributed by atoms with Gasteiger partial charge in [0.15, 0.2) is 6.29 Å². The van der Waals surface area contributed by atoms with Gasteiger partial charge in [0.25, 0.3) is 0 Å². The highest BCUT2D eigenvalue weighted by Crippen LogP contribution is 2.24. The van der Waals surface area contributed by atoms with E-state index in [4.69, 9.17) is 16.7 Å². The fourth-order valence-electron chi connectivity index (χ4n) is 1.58. The predicted octanol–water partition coefficient (Wildman–Crippen LogP) is 2.36. The van der Waals surface area contributed by atoms with Crippen molar-refractivity contribution in [1.82, 2.24) is 0 Å². The molecule has 3 nitrogen and oxygen atoms in total. The summed E-state index contributed by atoms with van der Waals surface area (Å²) in [5.41, 5.74) is 1.40. The Kier molecular flexibility index (Phi) is 4.77. The van der Waals surface area contributed by atoms with E-state index in [1.165, 1.54) is 0 Å². The molecule has 0 aromatic heterocycles. The van der Waals surface area contributed by atoms with Crippen molar-refractivity contribution in [2.24, 2.45) is 0 Å². The van der Waals surface area contributed by atoms with E-state index in [-0.39, 0.29) is 12.6 Å². The van der Waals surface area contributed by atoms with Gasteiger partial charge in [0, 0.05) is 23.8 Å². The van der Waals surface area contributed by atoms with Gasteiger partial charge in [-0.2, -0.15) is 0 Å². The maximum Gasteiger partial charge on any atom is 0.151 e. The van der Waals surface area contributed by atoms with Crippen molar-refractivity contribution in [3.8, 4) is 0 Å². The van der Waals surface area contributed by atoms with Crippen molar-refractivity contribution >= 4 is 23.6 Å². The molecule has 0 aliphatic heterocycles. The third-order valence-electron chi connectivity index (χ3n) is 2.41. The number of aliphatic hydroxyl groups excluding tert-OH is 1. The SMILES string of the molecule is CC(C)N(CCO)c1ccc(C=O)c(Cl)c1. The van der Waals surface area contributed by atoms with E-state index in [2.05, 4.69) is 0 Å². The lowest BCUT2D eigenvalue weighted by Crippen LogP contribution is -2.33. The van der Waals surface area contributed by atoms with Crippen LogP contribution in [0.2, 0.25) is 5.02 Å². The molecule has 1 aromatic rings. The Labute approximate surface area is 101 Å². The van der Waals surface area contributed by atoms with E-state index in [9.17, 15) is 4.79 Å². The van der Waals surface area contributed by atoms with Crippen LogP contribution in [-0.4, -0.2) is 30.6 Å². The molecule has 0 saturated carbocycles. The zero-order chi connectivity index (χ0) is 12.1. The molecule has 1 rings (SSSR count). The topological polar surface area (TPSA) is 40.5 Å². The number of nitrogens with zero attached hydrogens (tertiary/aromatic N) is 1. The van der Waals surface area contributed by atoms with Crippen molar-refractivity contribution in [1.29, 1.82) is 0 Å². The van der Waals surface area contributed by atoms with Crippen LogP contribution < -0.4 is 4.90 Å². The van der Waals surface area contributed by atoms with Crippen LogP contribution in [0, 0.1) is 0 Å². The molecule has 4 heteroatoms. The minimum Gasteiger partial charge on any atom is -0.395 e. The first-order chi connectivity index (χ1) is 7.60. The lowest BCUT2D eigenvalue weighted by Gasteiger charge is -2.28. The molecule has 0 spiro atoms. The van der Waals surface area contributed by atoms with Crippen LogP contribution in [0.1, 0.15) is 24.2 Å². The Hall–Kier alpha value is -1.06. The van der Waals surface area contributed by atoms with E-state index in [1.54, 1.807) is 12.1 Å². The van der Waals surface area contributed by atoms with Crippen molar-refractivity contribution in [2.75, 3.05) is 18.1 Å². The molecule has 1 N–H and O–H groups in total. The van der Waals surface area contributed by atoms with Crippen LogP contribution in [0.5, 0.6) is 0 Å². The average Bonchev–Trinajstić information content (AvgIpc) is 2.25. The predicted molar refractivity (Wildman–Crippen MR) is 66.4 cm³/mol. The van der Waals surface area contributed by atoms with Crippen molar-refractivity contribution < 1.29 is 9.90 Å². The monoisotopic (exact) mass is 241 g/mol. The zero-order valence-electron chi connectivity index (χ0n) is 9.48. The lowest BCUT2D eigenvalue weighted by molar-refractivity contribution is 0.112. The third kappa shape index (κ3) is 2.97. The molecule has 0 heterocycles. The van der Waals surface area contributed by atoms with Gasteiger partial charge in [-0.1, -0.05) is 11.6 Å². The molecular weight excluding hydrogens is 226 g/mol. The van der Waals surface area contributed by atoms with Gasteiger partial charge in [0.05, 0.1) is 11.6 Å². The van der Waals surface area contributed by atoms with Gasteiger partial charge in [-0.3, -0.25) is 4.79 Å². The highest BCUT2D eigenvalue weighted by Gasteiger charge is 2.11. The number of aliphatic hydroxyl groups is 1.